The fraction of sp³-hybridized carbons (Fsp3) is 0.444. The van der Waals surface area contributed by atoms with Crippen LogP contribution in [0.5, 0.6) is 5.75 Å². The van der Waals surface area contributed by atoms with Crippen molar-refractivity contribution in [3.05, 3.63) is 45.9 Å². The number of thiazole rings is 1. The summed E-state index contributed by atoms with van der Waals surface area (Å²) < 4.78 is 5.45. The molecule has 3 rings (SSSR count). The largest absolute Gasteiger partial charge is 0.496 e. The predicted molar refractivity (Wildman–Crippen MR) is 92.2 cm³/mol. The van der Waals surface area contributed by atoms with Gasteiger partial charge in [0.15, 0.2) is 0 Å². The Morgan fingerprint density at radius 2 is 2.26 bits per heavy atom. The summed E-state index contributed by atoms with van der Waals surface area (Å²) in [5.41, 5.74) is 3.81. The van der Waals surface area contributed by atoms with E-state index in [4.69, 9.17) is 4.74 Å². The molecule has 1 aliphatic rings. The van der Waals surface area contributed by atoms with Gasteiger partial charge in [0.05, 0.1) is 18.3 Å². The highest BCUT2D eigenvalue weighted by molar-refractivity contribution is 7.11. The van der Waals surface area contributed by atoms with Crippen molar-refractivity contribution in [1.29, 1.82) is 0 Å². The lowest BCUT2D eigenvalue weighted by molar-refractivity contribution is 0.0677. The number of likely N-dealkylation sites (tertiary alicyclic amines) is 1. The number of aryl methyl sites for hydroxylation is 1. The Morgan fingerprint density at radius 1 is 1.43 bits per heavy atom. The number of carbonyl (C=O) groups is 1. The van der Waals surface area contributed by atoms with Gasteiger partial charge in [-0.2, -0.15) is 0 Å². The molecule has 4 nitrogen and oxygen atoms in total. The number of ether oxygens (including phenoxy) is 1. The number of amides is 1. The first-order chi connectivity index (χ1) is 11.2. The summed E-state index contributed by atoms with van der Waals surface area (Å²) in [6, 6.07) is 8.16. The molecule has 1 saturated heterocycles. The van der Waals surface area contributed by atoms with Crippen molar-refractivity contribution in [2.75, 3.05) is 20.2 Å². The number of hydrogen-bond acceptors (Lipinski definition) is 4. The number of methoxy groups -OCH3 is 1. The second-order valence-corrected chi connectivity index (χ2v) is 6.90. The Bertz CT molecular complexity index is 683. The average Bonchev–Trinajstić information content (AvgIpc) is 3.01. The van der Waals surface area contributed by atoms with E-state index < -0.39 is 0 Å². The Kier molecular flexibility index (Phi) is 4.96. The zero-order valence-corrected chi connectivity index (χ0v) is 14.4. The van der Waals surface area contributed by atoms with Crippen LogP contribution in [-0.4, -0.2) is 36.0 Å². The summed E-state index contributed by atoms with van der Waals surface area (Å²) in [6.45, 7) is 3.56. The van der Waals surface area contributed by atoms with E-state index in [1.54, 1.807) is 12.6 Å². The van der Waals surface area contributed by atoms with Gasteiger partial charge in [0.25, 0.3) is 5.91 Å². The molecule has 0 bridgehead atoms. The lowest BCUT2D eigenvalue weighted by Crippen LogP contribution is -2.40. The van der Waals surface area contributed by atoms with Gasteiger partial charge in [0.1, 0.15) is 10.6 Å². The molecule has 5 heteroatoms. The minimum atomic E-state index is 0.134. The molecule has 122 valence electrons. The van der Waals surface area contributed by atoms with Gasteiger partial charge in [0, 0.05) is 13.1 Å². The van der Waals surface area contributed by atoms with Crippen LogP contribution < -0.4 is 4.74 Å². The molecule has 1 atom stereocenters. The van der Waals surface area contributed by atoms with Gasteiger partial charge in [-0.3, -0.25) is 4.79 Å². The van der Waals surface area contributed by atoms with Crippen molar-refractivity contribution >= 4 is 17.2 Å². The smallest absolute Gasteiger partial charge is 0.265 e. The van der Waals surface area contributed by atoms with Gasteiger partial charge in [-0.1, -0.05) is 18.2 Å². The molecule has 0 N–H and O–H groups in total. The van der Waals surface area contributed by atoms with Crippen molar-refractivity contribution in [2.24, 2.45) is 5.92 Å². The summed E-state index contributed by atoms with van der Waals surface area (Å²) in [7, 11) is 1.71. The average molecular weight is 330 g/mol. The molecule has 1 amide bonds. The Labute approximate surface area is 141 Å². The van der Waals surface area contributed by atoms with E-state index in [2.05, 4.69) is 11.1 Å². The zero-order chi connectivity index (χ0) is 16.2. The fourth-order valence-corrected chi connectivity index (χ4v) is 4.02. The second kappa shape index (κ2) is 7.13. The fourth-order valence-electron chi connectivity index (χ4n) is 3.25. The molecule has 0 radical (unpaired) electrons. The van der Waals surface area contributed by atoms with Crippen LogP contribution in [0.1, 0.15) is 33.8 Å². The van der Waals surface area contributed by atoms with Gasteiger partial charge in [-0.25, -0.2) is 4.98 Å². The van der Waals surface area contributed by atoms with E-state index in [1.165, 1.54) is 16.9 Å². The summed E-state index contributed by atoms with van der Waals surface area (Å²) in [4.78, 5) is 19.6. The molecule has 2 aromatic rings. The molecule has 2 heterocycles. The molecule has 1 aromatic carbocycles. The van der Waals surface area contributed by atoms with Crippen molar-refractivity contribution < 1.29 is 9.53 Å². The first-order valence-corrected chi connectivity index (χ1v) is 8.88. The minimum absolute atomic E-state index is 0.134. The number of nitrogens with zero attached hydrogens (tertiary/aromatic N) is 2. The topological polar surface area (TPSA) is 42.4 Å². The monoisotopic (exact) mass is 330 g/mol. The van der Waals surface area contributed by atoms with Crippen LogP contribution in [-0.2, 0) is 6.42 Å². The van der Waals surface area contributed by atoms with Crippen LogP contribution >= 0.6 is 11.3 Å². The van der Waals surface area contributed by atoms with Crippen molar-refractivity contribution in [3.8, 4) is 5.75 Å². The summed E-state index contributed by atoms with van der Waals surface area (Å²) in [6.07, 6.45) is 3.17. The van der Waals surface area contributed by atoms with E-state index in [0.717, 1.165) is 48.7 Å². The third-order valence-corrected chi connectivity index (χ3v) is 5.36. The first kappa shape index (κ1) is 16.0. The Hall–Kier alpha value is -1.88. The van der Waals surface area contributed by atoms with E-state index in [0.29, 0.717) is 5.92 Å². The van der Waals surface area contributed by atoms with E-state index in [1.807, 2.05) is 30.0 Å². The highest BCUT2D eigenvalue weighted by Crippen LogP contribution is 2.27. The normalized spacial score (nSPS) is 18.0. The molecular weight excluding hydrogens is 308 g/mol. The number of rotatable bonds is 4. The number of aromatic nitrogens is 1. The summed E-state index contributed by atoms with van der Waals surface area (Å²) in [5, 5.41) is 0. The maximum atomic E-state index is 12.7. The molecular formula is C18H22N2O2S. The molecule has 0 saturated carbocycles. The van der Waals surface area contributed by atoms with Crippen LogP contribution in [0.4, 0.5) is 0 Å². The molecule has 1 aromatic heterocycles. The molecule has 0 spiro atoms. The van der Waals surface area contributed by atoms with Gasteiger partial charge in [-0.15, -0.1) is 11.3 Å². The maximum Gasteiger partial charge on any atom is 0.265 e. The number of para-hydroxylation sites is 1. The molecule has 1 aliphatic heterocycles. The summed E-state index contributed by atoms with van der Waals surface area (Å²) >= 11 is 1.44. The van der Waals surface area contributed by atoms with E-state index >= 15 is 0 Å². The van der Waals surface area contributed by atoms with Gasteiger partial charge in [-0.05, 0) is 43.7 Å². The number of benzene rings is 1. The standard InChI is InChI=1S/C18H22N2O2S/c1-13-17(23-12-19-13)18(21)20-9-5-6-14(11-20)10-15-7-3-4-8-16(15)22-2/h3-4,7-8,12,14H,5-6,9-11H2,1-2H3. The third-order valence-electron chi connectivity index (χ3n) is 4.45. The van der Waals surface area contributed by atoms with Crippen LogP contribution in [0.3, 0.4) is 0 Å². The molecule has 23 heavy (non-hydrogen) atoms. The van der Waals surface area contributed by atoms with Gasteiger partial charge < -0.3 is 9.64 Å². The van der Waals surface area contributed by atoms with Crippen molar-refractivity contribution in [2.45, 2.75) is 26.2 Å². The summed E-state index contributed by atoms with van der Waals surface area (Å²) in [5.74, 6) is 1.56. The minimum Gasteiger partial charge on any atom is -0.496 e. The molecule has 1 fully saturated rings. The van der Waals surface area contributed by atoms with Gasteiger partial charge in [0.2, 0.25) is 0 Å². The van der Waals surface area contributed by atoms with Crippen molar-refractivity contribution in [1.82, 2.24) is 9.88 Å². The van der Waals surface area contributed by atoms with E-state index in [-0.39, 0.29) is 5.91 Å². The second-order valence-electron chi connectivity index (χ2n) is 6.04. The first-order valence-electron chi connectivity index (χ1n) is 8.00. The van der Waals surface area contributed by atoms with Gasteiger partial charge >= 0.3 is 0 Å². The maximum absolute atomic E-state index is 12.7. The quantitative estimate of drug-likeness (QED) is 0.861. The number of carbonyl (C=O) groups excluding carboxylic acids is 1. The van der Waals surface area contributed by atoms with Crippen LogP contribution in [0.2, 0.25) is 0 Å². The Morgan fingerprint density at radius 3 is 3.00 bits per heavy atom. The SMILES string of the molecule is COc1ccccc1CC1CCCN(C(=O)c2scnc2C)C1. The third kappa shape index (κ3) is 3.55. The highest BCUT2D eigenvalue weighted by atomic mass is 32.1. The van der Waals surface area contributed by atoms with Crippen LogP contribution in [0.25, 0.3) is 0 Å². The number of piperidine rings is 1. The van der Waals surface area contributed by atoms with E-state index in [9.17, 15) is 4.79 Å². The van der Waals surface area contributed by atoms with Crippen LogP contribution in [0.15, 0.2) is 29.8 Å². The van der Waals surface area contributed by atoms with Crippen LogP contribution in [0, 0.1) is 12.8 Å². The highest BCUT2D eigenvalue weighted by Gasteiger charge is 2.26. The lowest BCUT2D eigenvalue weighted by Gasteiger charge is -2.33. The lowest BCUT2D eigenvalue weighted by atomic mass is 9.91. The van der Waals surface area contributed by atoms with Crippen molar-refractivity contribution in [3.63, 3.8) is 0 Å². The predicted octanol–water partition coefficient (Wildman–Crippen LogP) is 3.56. The number of hydrogen-bond donors (Lipinski definition) is 0. The molecule has 0 aliphatic carbocycles. The zero-order valence-electron chi connectivity index (χ0n) is 13.6. The molecule has 1 unspecified atom stereocenters. The Balaban J connectivity index is 1.69.